The maximum Gasteiger partial charge on any atom is 0.303 e. The zero-order valence-electron chi connectivity index (χ0n) is 21.8. The normalized spacial score (nSPS) is 16.2. The minimum absolute atomic E-state index is 0.0465. The summed E-state index contributed by atoms with van der Waals surface area (Å²) < 4.78 is 67.1. The summed E-state index contributed by atoms with van der Waals surface area (Å²) in [6.07, 6.45) is 1.22. The number of ether oxygens (including phenoxy) is 2. The molecule has 210 valence electrons. The van der Waals surface area contributed by atoms with E-state index in [0.29, 0.717) is 55.5 Å². The third kappa shape index (κ3) is 7.17. The lowest BCUT2D eigenvalue weighted by Crippen LogP contribution is -2.42. The van der Waals surface area contributed by atoms with E-state index in [1.807, 2.05) is 0 Å². The smallest absolute Gasteiger partial charge is 0.303 e. The van der Waals surface area contributed by atoms with Gasteiger partial charge in [0, 0.05) is 47.5 Å². The highest BCUT2D eigenvalue weighted by Crippen LogP contribution is 2.43. The number of carboxylic acid groups (broad SMARTS) is 1. The Morgan fingerprint density at radius 2 is 1.85 bits per heavy atom. The molecule has 2 heterocycles. The Balaban J connectivity index is 1.40. The molecule has 1 aliphatic heterocycles. The first kappa shape index (κ1) is 28.6. The number of nitrogens with zero attached hydrogens (tertiary/aromatic N) is 2. The molecule has 3 aromatic rings. The van der Waals surface area contributed by atoms with Gasteiger partial charge in [-0.15, -0.1) is 0 Å². The summed E-state index contributed by atoms with van der Waals surface area (Å²) in [5, 5.41) is 10.1. The number of pyridine rings is 1. The van der Waals surface area contributed by atoms with Gasteiger partial charge in [-0.3, -0.25) is 14.7 Å². The van der Waals surface area contributed by atoms with Gasteiger partial charge in [0.15, 0.2) is 0 Å². The number of carboxylic acids is 1. The molecular weight excluding hydrogens is 516 g/mol. The number of carbonyl (C=O) groups is 1. The molecule has 1 N–H and O–H groups in total. The number of alkyl halides is 2. The van der Waals surface area contributed by atoms with Crippen LogP contribution in [0.25, 0.3) is 10.9 Å². The Morgan fingerprint density at radius 3 is 2.49 bits per heavy atom. The average Bonchev–Trinajstić information content (AvgIpc) is 2.91. The molecule has 0 radical (unpaired) electrons. The largest absolute Gasteiger partial charge is 0.497 e. The van der Waals surface area contributed by atoms with Gasteiger partial charge in [-0.1, -0.05) is 0 Å². The first-order valence-electron chi connectivity index (χ1n) is 12.9. The summed E-state index contributed by atoms with van der Waals surface area (Å²) >= 11 is 0. The Morgan fingerprint density at radius 1 is 1.13 bits per heavy atom. The molecule has 2 aromatic carbocycles. The Hall–Kier alpha value is -3.40. The van der Waals surface area contributed by atoms with Crippen molar-refractivity contribution in [1.29, 1.82) is 0 Å². The molecule has 0 bridgehead atoms. The van der Waals surface area contributed by atoms with Gasteiger partial charge in [0.05, 0.1) is 19.0 Å². The lowest BCUT2D eigenvalue weighted by Gasteiger charge is -2.41. The molecule has 1 atom stereocenters. The van der Waals surface area contributed by atoms with Crippen LogP contribution in [-0.4, -0.2) is 54.3 Å². The van der Waals surface area contributed by atoms with Crippen LogP contribution in [0.2, 0.25) is 0 Å². The fraction of sp³-hybridized carbons (Fsp3) is 0.448. The second-order valence-electron chi connectivity index (χ2n) is 10.1. The number of hydrogen-bond acceptors (Lipinski definition) is 5. The van der Waals surface area contributed by atoms with E-state index >= 15 is 4.39 Å². The zero-order valence-corrected chi connectivity index (χ0v) is 21.8. The van der Waals surface area contributed by atoms with Gasteiger partial charge in [0.1, 0.15) is 42.6 Å². The molecule has 10 heteroatoms. The monoisotopic (exact) mass is 548 g/mol. The van der Waals surface area contributed by atoms with Crippen molar-refractivity contribution in [3.05, 3.63) is 65.4 Å². The highest BCUT2D eigenvalue weighted by molar-refractivity contribution is 5.85. The molecule has 0 saturated carbocycles. The van der Waals surface area contributed by atoms with Crippen LogP contribution in [0.1, 0.15) is 49.4 Å². The van der Waals surface area contributed by atoms with Gasteiger partial charge in [0.2, 0.25) is 0 Å². The van der Waals surface area contributed by atoms with E-state index in [2.05, 4.69) is 9.88 Å². The Kier molecular flexibility index (Phi) is 9.27. The summed E-state index contributed by atoms with van der Waals surface area (Å²) in [5.74, 6) is -1.77. The van der Waals surface area contributed by atoms with Crippen LogP contribution in [0.3, 0.4) is 0 Å². The minimum atomic E-state index is -1.50. The van der Waals surface area contributed by atoms with Gasteiger partial charge >= 0.3 is 5.97 Å². The molecule has 1 aromatic heterocycles. The van der Waals surface area contributed by atoms with Crippen molar-refractivity contribution in [2.24, 2.45) is 5.41 Å². The lowest BCUT2D eigenvalue weighted by molar-refractivity contribution is -0.141. The van der Waals surface area contributed by atoms with Crippen LogP contribution in [0.5, 0.6) is 11.5 Å². The number of likely N-dealkylation sites (tertiary alicyclic amines) is 1. The van der Waals surface area contributed by atoms with Crippen molar-refractivity contribution < 1.29 is 36.9 Å². The molecular formula is C29H32F4N2O4. The second-order valence-corrected chi connectivity index (χ2v) is 10.1. The van der Waals surface area contributed by atoms with Crippen molar-refractivity contribution in [2.75, 3.05) is 33.4 Å². The summed E-state index contributed by atoms with van der Waals surface area (Å²) in [4.78, 5) is 18.1. The fourth-order valence-electron chi connectivity index (χ4n) is 5.41. The van der Waals surface area contributed by atoms with E-state index in [0.717, 1.165) is 18.2 Å². The van der Waals surface area contributed by atoms with Gasteiger partial charge < -0.3 is 14.6 Å². The van der Waals surface area contributed by atoms with Crippen LogP contribution in [0, 0.1) is 17.0 Å². The van der Waals surface area contributed by atoms with E-state index in [-0.39, 0.29) is 36.3 Å². The number of piperidine rings is 1. The number of rotatable bonds is 12. The number of methoxy groups -OCH3 is 1. The fourth-order valence-corrected chi connectivity index (χ4v) is 5.41. The third-order valence-corrected chi connectivity index (χ3v) is 7.54. The molecule has 39 heavy (non-hydrogen) atoms. The van der Waals surface area contributed by atoms with Crippen LogP contribution < -0.4 is 9.47 Å². The standard InChI is InChI=1S/C29H32F4N2O4/c1-38-22-2-3-26-24(15-22)28(19(17-30)18-34-26)25(33)4-5-29(16-27(36)37)6-8-35(9-7-29)10-11-39-23-13-20(31)12-21(32)14-23/h2-3,12-15,18,25H,4-11,16-17H2,1H3,(H,36,37)/t25-/m1/s1. The molecule has 1 aliphatic rings. The molecule has 0 amide bonds. The average molecular weight is 549 g/mol. The Labute approximate surface area is 224 Å². The first-order chi connectivity index (χ1) is 18.7. The van der Waals surface area contributed by atoms with E-state index in [9.17, 15) is 23.1 Å². The maximum atomic E-state index is 15.8. The van der Waals surface area contributed by atoms with Crippen molar-refractivity contribution >= 4 is 16.9 Å². The molecule has 0 unspecified atom stereocenters. The number of aromatic nitrogens is 1. The van der Waals surface area contributed by atoms with Gasteiger partial charge in [-0.25, -0.2) is 17.6 Å². The lowest BCUT2D eigenvalue weighted by atomic mass is 9.71. The van der Waals surface area contributed by atoms with Crippen molar-refractivity contribution in [3.8, 4) is 11.5 Å². The molecule has 1 saturated heterocycles. The van der Waals surface area contributed by atoms with Crippen molar-refractivity contribution in [1.82, 2.24) is 9.88 Å². The predicted molar refractivity (Wildman–Crippen MR) is 138 cm³/mol. The minimum Gasteiger partial charge on any atom is -0.497 e. The van der Waals surface area contributed by atoms with Crippen LogP contribution in [0.15, 0.2) is 42.6 Å². The van der Waals surface area contributed by atoms with E-state index in [1.54, 1.807) is 18.2 Å². The number of benzene rings is 2. The number of hydrogen-bond donors (Lipinski definition) is 1. The van der Waals surface area contributed by atoms with Gasteiger partial charge in [0.25, 0.3) is 0 Å². The third-order valence-electron chi connectivity index (χ3n) is 7.54. The highest BCUT2D eigenvalue weighted by atomic mass is 19.1. The zero-order chi connectivity index (χ0) is 28.0. The molecule has 6 nitrogen and oxygen atoms in total. The molecule has 1 fully saturated rings. The second kappa shape index (κ2) is 12.6. The van der Waals surface area contributed by atoms with E-state index in [1.165, 1.54) is 13.3 Å². The van der Waals surface area contributed by atoms with Gasteiger partial charge in [-0.05, 0) is 62.4 Å². The van der Waals surface area contributed by atoms with E-state index in [4.69, 9.17) is 9.47 Å². The van der Waals surface area contributed by atoms with E-state index < -0.39 is 35.9 Å². The summed E-state index contributed by atoms with van der Waals surface area (Å²) in [6, 6.07) is 8.05. The molecule has 0 spiro atoms. The number of aliphatic carboxylic acids is 1. The summed E-state index contributed by atoms with van der Waals surface area (Å²) in [6.45, 7) is 1.01. The summed E-state index contributed by atoms with van der Waals surface area (Å²) in [5.41, 5.74) is 0.330. The maximum absolute atomic E-state index is 15.8. The SMILES string of the molecule is COc1ccc2ncc(CF)c([C@H](F)CCC3(CC(=O)O)CCN(CCOc4cc(F)cc(F)c4)CC3)c2c1. The topological polar surface area (TPSA) is 71.9 Å². The van der Waals surface area contributed by atoms with Crippen LogP contribution in [-0.2, 0) is 11.5 Å². The van der Waals surface area contributed by atoms with Crippen molar-refractivity contribution in [3.63, 3.8) is 0 Å². The summed E-state index contributed by atoms with van der Waals surface area (Å²) in [7, 11) is 1.50. The van der Waals surface area contributed by atoms with Crippen molar-refractivity contribution in [2.45, 2.75) is 45.0 Å². The number of halogens is 4. The first-order valence-corrected chi connectivity index (χ1v) is 12.9. The molecule has 0 aliphatic carbocycles. The highest BCUT2D eigenvalue weighted by Gasteiger charge is 2.37. The molecule has 4 rings (SSSR count). The van der Waals surface area contributed by atoms with Gasteiger partial charge in [-0.2, -0.15) is 0 Å². The quantitative estimate of drug-likeness (QED) is 0.264. The van der Waals surface area contributed by atoms with Crippen LogP contribution >= 0.6 is 0 Å². The Bertz CT molecular complexity index is 1270. The van der Waals surface area contributed by atoms with Crippen LogP contribution in [0.4, 0.5) is 17.6 Å². The predicted octanol–water partition coefficient (Wildman–Crippen LogP) is 6.42. The number of fused-ring (bicyclic) bond motifs is 1.